The Bertz CT molecular complexity index is 1280. The molecular weight excluding hydrogens is 304 g/mol. The second kappa shape index (κ2) is 4.42. The fourth-order valence-corrected chi connectivity index (χ4v) is 2.93. The van der Waals surface area contributed by atoms with Crippen LogP contribution in [0, 0.1) is 0 Å². The molecule has 0 saturated heterocycles. The summed E-state index contributed by atoms with van der Waals surface area (Å²) in [4.78, 5) is 26.3. The van der Waals surface area contributed by atoms with Gasteiger partial charge < -0.3 is 11.5 Å². The third kappa shape index (κ3) is 1.62. The number of nitrogens with two attached hydrogens (primary N) is 2. The molecule has 0 spiro atoms. The molecule has 0 unspecified atom stereocenters. The average Bonchev–Trinajstić information content (AvgIpc) is 2.61. The highest BCUT2D eigenvalue weighted by atomic mass is 15.1. The van der Waals surface area contributed by atoms with E-state index in [1.165, 1.54) is 0 Å². The van der Waals surface area contributed by atoms with Gasteiger partial charge in [0.2, 0.25) is 5.95 Å². The van der Waals surface area contributed by atoms with Crippen LogP contribution in [0.5, 0.6) is 0 Å². The van der Waals surface area contributed by atoms with E-state index in [-0.39, 0.29) is 11.8 Å². The summed E-state index contributed by atoms with van der Waals surface area (Å²) in [7, 11) is 0. The Labute approximate surface area is 134 Å². The van der Waals surface area contributed by atoms with Crippen LogP contribution in [0.2, 0.25) is 0 Å². The van der Waals surface area contributed by atoms with Gasteiger partial charge in [-0.1, -0.05) is 0 Å². The summed E-state index contributed by atoms with van der Waals surface area (Å²) in [5.74, 6) is 0.272. The highest BCUT2D eigenvalue weighted by Gasteiger charge is 2.15. The van der Waals surface area contributed by atoms with Gasteiger partial charge in [-0.05, 0) is 24.3 Å². The van der Waals surface area contributed by atoms with Crippen LogP contribution in [0.3, 0.4) is 0 Å². The number of hydrogen-bond acceptors (Lipinski definition) is 8. The Morgan fingerprint density at radius 3 is 1.92 bits per heavy atom. The van der Waals surface area contributed by atoms with Crippen LogP contribution in [-0.4, -0.2) is 29.9 Å². The number of benzene rings is 1. The van der Waals surface area contributed by atoms with Crippen molar-refractivity contribution in [3.05, 3.63) is 36.7 Å². The van der Waals surface area contributed by atoms with Gasteiger partial charge >= 0.3 is 0 Å². The van der Waals surface area contributed by atoms with Gasteiger partial charge in [0.1, 0.15) is 5.52 Å². The second-order valence-corrected chi connectivity index (χ2v) is 5.36. The SMILES string of the molecule is Nc1nc(N)c2nc3c4cccnc4c4ncccc4c3nc2n1. The minimum atomic E-state index is 0.0681. The van der Waals surface area contributed by atoms with Crippen LogP contribution < -0.4 is 11.5 Å². The Kier molecular flexibility index (Phi) is 2.36. The lowest BCUT2D eigenvalue weighted by Gasteiger charge is -2.09. The second-order valence-electron chi connectivity index (χ2n) is 5.36. The lowest BCUT2D eigenvalue weighted by atomic mass is 10.1. The van der Waals surface area contributed by atoms with E-state index in [9.17, 15) is 0 Å². The van der Waals surface area contributed by atoms with Crippen molar-refractivity contribution in [3.8, 4) is 0 Å². The minimum absolute atomic E-state index is 0.0681. The first kappa shape index (κ1) is 12.8. The minimum Gasteiger partial charge on any atom is -0.382 e. The van der Waals surface area contributed by atoms with Crippen molar-refractivity contribution in [2.24, 2.45) is 0 Å². The Morgan fingerprint density at radius 1 is 0.625 bits per heavy atom. The monoisotopic (exact) mass is 314 g/mol. The largest absolute Gasteiger partial charge is 0.382 e. The molecule has 1 aromatic carbocycles. The molecule has 0 aliphatic rings. The Hall–Kier alpha value is -3.68. The van der Waals surface area contributed by atoms with Gasteiger partial charge in [0, 0.05) is 23.2 Å². The predicted octanol–water partition coefficient (Wildman–Crippen LogP) is 1.83. The first-order valence-electron chi connectivity index (χ1n) is 7.24. The number of hydrogen-bond donors (Lipinski definition) is 2. The van der Waals surface area contributed by atoms with E-state index in [4.69, 9.17) is 11.5 Å². The first-order valence-corrected chi connectivity index (χ1v) is 7.24. The molecule has 5 rings (SSSR count). The summed E-state index contributed by atoms with van der Waals surface area (Å²) in [6, 6.07) is 7.58. The molecule has 0 bridgehead atoms. The van der Waals surface area contributed by atoms with Gasteiger partial charge in [-0.15, -0.1) is 0 Å². The number of pyridine rings is 2. The van der Waals surface area contributed by atoms with E-state index in [0.717, 1.165) is 21.8 Å². The fraction of sp³-hybridized carbons (Fsp3) is 0. The van der Waals surface area contributed by atoms with Crippen molar-refractivity contribution in [3.63, 3.8) is 0 Å². The van der Waals surface area contributed by atoms with E-state index in [2.05, 4.69) is 29.9 Å². The predicted molar refractivity (Wildman–Crippen MR) is 92.1 cm³/mol. The van der Waals surface area contributed by atoms with Crippen molar-refractivity contribution in [1.82, 2.24) is 29.9 Å². The molecule has 0 atom stereocenters. The quantitative estimate of drug-likeness (QED) is 0.327. The van der Waals surface area contributed by atoms with Crippen LogP contribution in [0.15, 0.2) is 36.7 Å². The molecule has 4 heterocycles. The maximum absolute atomic E-state index is 5.94. The highest BCUT2D eigenvalue weighted by Crippen LogP contribution is 2.32. The van der Waals surface area contributed by atoms with Crippen molar-refractivity contribution in [2.45, 2.75) is 0 Å². The maximum atomic E-state index is 5.94. The van der Waals surface area contributed by atoms with E-state index in [1.807, 2.05) is 24.3 Å². The molecule has 0 amide bonds. The van der Waals surface area contributed by atoms with E-state index in [1.54, 1.807) is 12.4 Å². The van der Waals surface area contributed by atoms with Crippen molar-refractivity contribution in [1.29, 1.82) is 0 Å². The highest BCUT2D eigenvalue weighted by molar-refractivity contribution is 6.21. The molecule has 0 aliphatic heterocycles. The summed E-state index contributed by atoms with van der Waals surface area (Å²) in [6.45, 7) is 0. The normalized spacial score (nSPS) is 11.7. The zero-order valence-electron chi connectivity index (χ0n) is 12.3. The Balaban J connectivity index is 2.14. The van der Waals surface area contributed by atoms with Crippen LogP contribution >= 0.6 is 0 Å². The number of anilines is 2. The van der Waals surface area contributed by atoms with Crippen LogP contribution in [0.1, 0.15) is 0 Å². The molecule has 5 aromatic rings. The number of aromatic nitrogens is 6. The third-order valence-electron chi connectivity index (χ3n) is 3.93. The molecule has 24 heavy (non-hydrogen) atoms. The summed E-state index contributed by atoms with van der Waals surface area (Å²) in [5.41, 5.74) is 15.3. The first-order chi connectivity index (χ1) is 11.7. The number of nitrogens with zero attached hydrogens (tertiary/aromatic N) is 6. The molecule has 4 N–H and O–H groups in total. The van der Waals surface area contributed by atoms with Crippen molar-refractivity contribution in [2.75, 3.05) is 11.5 Å². The molecule has 0 fully saturated rings. The standard InChI is InChI=1S/C16H10N8/c17-14-13-15(24-16(18)23-14)22-12-8-4-2-6-20-10(8)9-7(11(12)21-13)3-1-5-19-9/h1-6H,(H4,17,18,22,23,24). The average molecular weight is 314 g/mol. The molecule has 8 nitrogen and oxygen atoms in total. The number of rotatable bonds is 0. The van der Waals surface area contributed by atoms with E-state index in [0.29, 0.717) is 22.2 Å². The smallest absolute Gasteiger partial charge is 0.224 e. The van der Waals surface area contributed by atoms with Gasteiger partial charge in [0.05, 0.1) is 16.6 Å². The molecule has 0 aliphatic carbocycles. The molecule has 0 radical (unpaired) electrons. The lowest BCUT2D eigenvalue weighted by molar-refractivity contribution is 1.20. The van der Waals surface area contributed by atoms with Crippen molar-refractivity contribution >= 4 is 55.8 Å². The molecular formula is C16H10N8. The third-order valence-corrected chi connectivity index (χ3v) is 3.93. The summed E-state index contributed by atoms with van der Waals surface area (Å²) in [5, 5.41) is 1.70. The van der Waals surface area contributed by atoms with Crippen LogP contribution in [-0.2, 0) is 0 Å². The topological polar surface area (TPSA) is 129 Å². The van der Waals surface area contributed by atoms with Gasteiger partial charge in [0.15, 0.2) is 17.0 Å². The maximum Gasteiger partial charge on any atom is 0.224 e. The fourth-order valence-electron chi connectivity index (χ4n) is 2.93. The van der Waals surface area contributed by atoms with Gasteiger partial charge in [0.25, 0.3) is 0 Å². The molecule has 4 aromatic heterocycles. The van der Waals surface area contributed by atoms with Crippen LogP contribution in [0.4, 0.5) is 11.8 Å². The molecule has 0 saturated carbocycles. The number of nitrogen functional groups attached to an aromatic ring is 2. The summed E-state index contributed by atoms with van der Waals surface area (Å²) < 4.78 is 0. The Morgan fingerprint density at radius 2 is 1.25 bits per heavy atom. The molecule has 8 heteroatoms. The molecule has 114 valence electrons. The van der Waals surface area contributed by atoms with Gasteiger partial charge in [-0.3, -0.25) is 9.97 Å². The van der Waals surface area contributed by atoms with Gasteiger partial charge in [-0.2, -0.15) is 9.97 Å². The van der Waals surface area contributed by atoms with Crippen molar-refractivity contribution < 1.29 is 0 Å². The van der Waals surface area contributed by atoms with Gasteiger partial charge in [-0.25, -0.2) is 9.97 Å². The number of fused-ring (bicyclic) bond motifs is 7. The van der Waals surface area contributed by atoms with Crippen LogP contribution in [0.25, 0.3) is 44.0 Å². The summed E-state index contributed by atoms with van der Waals surface area (Å²) in [6.07, 6.45) is 3.46. The van der Waals surface area contributed by atoms with E-state index < -0.39 is 0 Å². The van der Waals surface area contributed by atoms with E-state index >= 15 is 0 Å². The zero-order valence-corrected chi connectivity index (χ0v) is 12.3. The summed E-state index contributed by atoms with van der Waals surface area (Å²) >= 11 is 0. The lowest BCUT2D eigenvalue weighted by Crippen LogP contribution is -2.04. The zero-order chi connectivity index (χ0) is 16.3.